The largest absolute Gasteiger partial charge is 0.497 e. The molecule has 0 unspecified atom stereocenters. The molecule has 0 spiro atoms. The van der Waals surface area contributed by atoms with E-state index in [1.807, 2.05) is 60.9 Å². The van der Waals surface area contributed by atoms with E-state index in [-0.39, 0.29) is 0 Å². The molecule has 0 aliphatic heterocycles. The predicted molar refractivity (Wildman–Crippen MR) is 117 cm³/mol. The van der Waals surface area contributed by atoms with Crippen molar-refractivity contribution in [3.63, 3.8) is 0 Å². The average Bonchev–Trinajstić information content (AvgIpc) is 2.78. The molecule has 1 N–H and O–H groups in total. The zero-order valence-corrected chi connectivity index (χ0v) is 17.3. The van der Waals surface area contributed by atoms with Gasteiger partial charge in [0.2, 0.25) is 5.95 Å². The second-order valence-corrected chi connectivity index (χ2v) is 6.55. The van der Waals surface area contributed by atoms with Crippen molar-refractivity contribution in [2.75, 3.05) is 38.7 Å². The zero-order valence-electron chi connectivity index (χ0n) is 17.3. The molecule has 6 nitrogen and oxygen atoms in total. The molecule has 2 aromatic carbocycles. The number of anilines is 2. The molecular weight excluding hydrogens is 364 g/mol. The third-order valence-electron chi connectivity index (χ3n) is 4.74. The third kappa shape index (κ3) is 5.93. The molecule has 0 amide bonds. The normalized spacial score (nSPS) is 10.8. The zero-order chi connectivity index (χ0) is 20.5. The lowest BCUT2D eigenvalue weighted by Crippen LogP contribution is -2.27. The molecule has 29 heavy (non-hydrogen) atoms. The van der Waals surface area contributed by atoms with Gasteiger partial charge in [-0.1, -0.05) is 32.0 Å². The fraction of sp³-hybridized carbons (Fsp3) is 0.304. The Balaban J connectivity index is 1.59. The summed E-state index contributed by atoms with van der Waals surface area (Å²) in [7, 11) is 1.66. The SMILES string of the molecule is CCN(CC)CCOc1cccc(Nc2ncc(-c3ccc(OC)cc3)cn2)c1. The van der Waals surface area contributed by atoms with Gasteiger partial charge in [-0.25, -0.2) is 9.97 Å². The Bertz CT molecular complexity index is 878. The van der Waals surface area contributed by atoms with Crippen molar-refractivity contribution >= 4 is 11.6 Å². The van der Waals surface area contributed by atoms with Crippen molar-refractivity contribution in [3.8, 4) is 22.6 Å². The van der Waals surface area contributed by atoms with Crippen molar-refractivity contribution in [3.05, 3.63) is 60.9 Å². The fourth-order valence-corrected chi connectivity index (χ4v) is 2.95. The number of hydrogen-bond donors (Lipinski definition) is 1. The van der Waals surface area contributed by atoms with E-state index in [1.165, 1.54) is 0 Å². The average molecular weight is 393 g/mol. The maximum Gasteiger partial charge on any atom is 0.227 e. The molecule has 0 saturated heterocycles. The molecule has 6 heteroatoms. The van der Waals surface area contributed by atoms with Crippen LogP contribution in [0.4, 0.5) is 11.6 Å². The molecule has 3 aromatic rings. The lowest BCUT2D eigenvalue weighted by Gasteiger charge is -2.18. The molecular formula is C23H28N4O2. The van der Waals surface area contributed by atoms with Gasteiger partial charge < -0.3 is 19.7 Å². The number of ether oxygens (including phenoxy) is 2. The summed E-state index contributed by atoms with van der Waals surface area (Å²) in [4.78, 5) is 11.2. The highest BCUT2D eigenvalue weighted by atomic mass is 16.5. The Labute approximate surface area is 172 Å². The number of nitrogens with zero attached hydrogens (tertiary/aromatic N) is 3. The van der Waals surface area contributed by atoms with Gasteiger partial charge >= 0.3 is 0 Å². The first-order valence-corrected chi connectivity index (χ1v) is 9.90. The molecule has 0 atom stereocenters. The van der Waals surface area contributed by atoms with E-state index in [1.54, 1.807) is 7.11 Å². The minimum atomic E-state index is 0.544. The Hall–Kier alpha value is -3.12. The Kier molecular flexibility index (Phi) is 7.41. The van der Waals surface area contributed by atoms with E-state index in [2.05, 4.69) is 34.0 Å². The minimum Gasteiger partial charge on any atom is -0.497 e. The van der Waals surface area contributed by atoms with Crippen LogP contribution in [0.3, 0.4) is 0 Å². The van der Waals surface area contributed by atoms with Crippen LogP contribution in [-0.4, -0.2) is 48.2 Å². The monoisotopic (exact) mass is 392 g/mol. The van der Waals surface area contributed by atoms with Crippen molar-refractivity contribution in [1.29, 1.82) is 0 Å². The van der Waals surface area contributed by atoms with Crippen molar-refractivity contribution in [2.45, 2.75) is 13.8 Å². The third-order valence-corrected chi connectivity index (χ3v) is 4.74. The van der Waals surface area contributed by atoms with Gasteiger partial charge in [-0.15, -0.1) is 0 Å². The number of hydrogen-bond acceptors (Lipinski definition) is 6. The molecule has 152 valence electrons. The first-order chi connectivity index (χ1) is 14.2. The van der Waals surface area contributed by atoms with E-state index in [9.17, 15) is 0 Å². The molecule has 3 rings (SSSR count). The first kappa shape index (κ1) is 20.6. The quantitative estimate of drug-likeness (QED) is 0.543. The van der Waals surface area contributed by atoms with Gasteiger partial charge in [0.25, 0.3) is 0 Å². The highest BCUT2D eigenvalue weighted by Gasteiger charge is 2.04. The number of benzene rings is 2. The van der Waals surface area contributed by atoms with E-state index in [4.69, 9.17) is 9.47 Å². The molecule has 0 radical (unpaired) electrons. The lowest BCUT2D eigenvalue weighted by molar-refractivity contribution is 0.223. The van der Waals surface area contributed by atoms with Crippen LogP contribution in [0, 0.1) is 0 Å². The molecule has 0 aliphatic carbocycles. The summed E-state index contributed by atoms with van der Waals surface area (Å²) in [6, 6.07) is 15.7. The maximum atomic E-state index is 5.88. The van der Waals surface area contributed by atoms with Gasteiger partial charge in [-0.2, -0.15) is 0 Å². The highest BCUT2D eigenvalue weighted by Crippen LogP contribution is 2.23. The summed E-state index contributed by atoms with van der Waals surface area (Å²) in [5, 5.41) is 3.23. The Morgan fingerprint density at radius 1 is 0.897 bits per heavy atom. The number of nitrogens with one attached hydrogen (secondary N) is 1. The van der Waals surface area contributed by atoms with Gasteiger partial charge in [0.05, 0.1) is 7.11 Å². The van der Waals surface area contributed by atoms with Crippen LogP contribution in [0.25, 0.3) is 11.1 Å². The Morgan fingerprint density at radius 3 is 2.28 bits per heavy atom. The summed E-state index contributed by atoms with van der Waals surface area (Å²) in [6.07, 6.45) is 3.61. The van der Waals surface area contributed by atoms with Gasteiger partial charge in [0.1, 0.15) is 18.1 Å². The summed E-state index contributed by atoms with van der Waals surface area (Å²) in [5.74, 6) is 2.20. The fourth-order valence-electron chi connectivity index (χ4n) is 2.95. The van der Waals surface area contributed by atoms with Crippen LogP contribution in [-0.2, 0) is 0 Å². The first-order valence-electron chi connectivity index (χ1n) is 9.90. The van der Waals surface area contributed by atoms with Crippen LogP contribution in [0.15, 0.2) is 60.9 Å². The topological polar surface area (TPSA) is 59.5 Å². The van der Waals surface area contributed by atoms with Gasteiger partial charge in [0.15, 0.2) is 0 Å². The minimum absolute atomic E-state index is 0.544. The highest BCUT2D eigenvalue weighted by molar-refractivity contribution is 5.64. The maximum absolute atomic E-state index is 5.88. The van der Waals surface area contributed by atoms with Gasteiger partial charge in [-0.3, -0.25) is 0 Å². The van der Waals surface area contributed by atoms with Gasteiger partial charge in [-0.05, 0) is 42.9 Å². The second kappa shape index (κ2) is 10.4. The number of aromatic nitrogens is 2. The van der Waals surface area contributed by atoms with Crippen molar-refractivity contribution in [2.24, 2.45) is 0 Å². The summed E-state index contributed by atoms with van der Waals surface area (Å²) in [5.41, 5.74) is 2.88. The van der Waals surface area contributed by atoms with Crippen LogP contribution in [0.5, 0.6) is 11.5 Å². The second-order valence-electron chi connectivity index (χ2n) is 6.55. The molecule has 0 fully saturated rings. The van der Waals surface area contributed by atoms with Crippen molar-refractivity contribution < 1.29 is 9.47 Å². The smallest absolute Gasteiger partial charge is 0.227 e. The van der Waals surface area contributed by atoms with E-state index in [0.29, 0.717) is 12.6 Å². The summed E-state index contributed by atoms with van der Waals surface area (Å²) >= 11 is 0. The predicted octanol–water partition coefficient (Wildman–Crippen LogP) is 4.62. The van der Waals surface area contributed by atoms with Crippen molar-refractivity contribution in [1.82, 2.24) is 14.9 Å². The molecule has 1 heterocycles. The van der Waals surface area contributed by atoms with E-state index in [0.717, 1.165) is 47.9 Å². The van der Waals surface area contributed by atoms with E-state index >= 15 is 0 Å². The number of likely N-dealkylation sites (N-methyl/N-ethyl adjacent to an activating group) is 1. The standard InChI is InChI=1S/C23H28N4O2/c1-4-27(5-2)13-14-29-22-8-6-7-20(15-22)26-23-24-16-19(17-25-23)18-9-11-21(28-3)12-10-18/h6-12,15-17H,4-5,13-14H2,1-3H3,(H,24,25,26). The molecule has 0 bridgehead atoms. The number of rotatable bonds is 10. The number of methoxy groups -OCH3 is 1. The van der Waals surface area contributed by atoms with Crippen LogP contribution >= 0.6 is 0 Å². The van der Waals surface area contributed by atoms with Crippen LogP contribution < -0.4 is 14.8 Å². The lowest BCUT2D eigenvalue weighted by atomic mass is 10.1. The van der Waals surface area contributed by atoms with Crippen LogP contribution in [0.2, 0.25) is 0 Å². The molecule has 1 aromatic heterocycles. The summed E-state index contributed by atoms with van der Waals surface area (Å²) < 4.78 is 11.1. The molecule has 0 saturated carbocycles. The van der Waals surface area contributed by atoms with E-state index < -0.39 is 0 Å². The van der Waals surface area contributed by atoms with Crippen LogP contribution in [0.1, 0.15) is 13.8 Å². The Morgan fingerprint density at radius 2 is 1.62 bits per heavy atom. The molecule has 0 aliphatic rings. The summed E-state index contributed by atoms with van der Waals surface area (Å²) in [6.45, 7) is 7.97. The van der Waals surface area contributed by atoms with Gasteiger partial charge in [0, 0.05) is 36.3 Å².